The number of rotatable bonds is 6. The third-order valence-corrected chi connectivity index (χ3v) is 3.39. The highest BCUT2D eigenvalue weighted by molar-refractivity contribution is 6.30. The molecule has 19 heavy (non-hydrogen) atoms. The molecule has 0 amide bonds. The highest BCUT2D eigenvalue weighted by Crippen LogP contribution is 2.14. The SMILES string of the molecule is CC(C)N(CCCO)Cc1cn2cc(Cl)ccc2n1. The summed E-state index contributed by atoms with van der Waals surface area (Å²) in [7, 11) is 0. The highest BCUT2D eigenvalue weighted by atomic mass is 35.5. The maximum atomic E-state index is 8.95. The van der Waals surface area contributed by atoms with E-state index < -0.39 is 0 Å². The fourth-order valence-electron chi connectivity index (χ4n) is 2.10. The van der Waals surface area contributed by atoms with Crippen molar-refractivity contribution in [2.45, 2.75) is 32.9 Å². The lowest BCUT2D eigenvalue weighted by atomic mass is 10.2. The predicted octanol–water partition coefficient (Wildman–Crippen LogP) is 2.58. The van der Waals surface area contributed by atoms with Crippen LogP contribution >= 0.6 is 11.6 Å². The van der Waals surface area contributed by atoms with Crippen molar-refractivity contribution in [1.29, 1.82) is 0 Å². The summed E-state index contributed by atoms with van der Waals surface area (Å²) in [5.41, 5.74) is 1.93. The number of halogens is 1. The first-order valence-corrected chi connectivity index (χ1v) is 6.96. The Morgan fingerprint density at radius 2 is 2.16 bits per heavy atom. The zero-order valence-electron chi connectivity index (χ0n) is 11.4. The molecule has 0 unspecified atom stereocenters. The number of aromatic nitrogens is 2. The number of aliphatic hydroxyl groups is 1. The Balaban J connectivity index is 2.14. The van der Waals surface area contributed by atoms with E-state index in [9.17, 15) is 0 Å². The summed E-state index contributed by atoms with van der Waals surface area (Å²) < 4.78 is 1.95. The van der Waals surface area contributed by atoms with Crippen LogP contribution < -0.4 is 0 Å². The molecule has 0 aromatic carbocycles. The molecule has 0 aliphatic carbocycles. The first-order chi connectivity index (χ1) is 9.10. The van der Waals surface area contributed by atoms with Gasteiger partial charge in [0.1, 0.15) is 5.65 Å². The lowest BCUT2D eigenvalue weighted by Gasteiger charge is -2.25. The topological polar surface area (TPSA) is 40.8 Å². The number of imidazole rings is 1. The summed E-state index contributed by atoms with van der Waals surface area (Å²) in [6.07, 6.45) is 4.66. The Bertz CT molecular complexity index is 538. The van der Waals surface area contributed by atoms with Gasteiger partial charge in [0.2, 0.25) is 0 Å². The lowest BCUT2D eigenvalue weighted by molar-refractivity contribution is 0.183. The van der Waals surface area contributed by atoms with Crippen LogP contribution in [0.15, 0.2) is 24.5 Å². The number of aliphatic hydroxyl groups excluding tert-OH is 1. The molecular formula is C14H20ClN3O. The van der Waals surface area contributed by atoms with E-state index in [0.717, 1.165) is 30.9 Å². The minimum Gasteiger partial charge on any atom is -0.396 e. The molecule has 0 fully saturated rings. The molecule has 0 radical (unpaired) electrons. The maximum absolute atomic E-state index is 8.95. The molecule has 0 atom stereocenters. The van der Waals surface area contributed by atoms with Crippen molar-refractivity contribution in [3.63, 3.8) is 0 Å². The van der Waals surface area contributed by atoms with Crippen LogP contribution in [0.25, 0.3) is 5.65 Å². The normalized spacial score (nSPS) is 11.9. The molecule has 2 rings (SSSR count). The van der Waals surface area contributed by atoms with Crippen molar-refractivity contribution in [3.05, 3.63) is 35.2 Å². The molecule has 4 nitrogen and oxygen atoms in total. The summed E-state index contributed by atoms with van der Waals surface area (Å²) in [5, 5.41) is 9.65. The number of fused-ring (bicyclic) bond motifs is 1. The smallest absolute Gasteiger partial charge is 0.137 e. The summed E-state index contributed by atoms with van der Waals surface area (Å²) in [5.74, 6) is 0. The largest absolute Gasteiger partial charge is 0.396 e. The van der Waals surface area contributed by atoms with E-state index in [1.165, 1.54) is 0 Å². The summed E-state index contributed by atoms with van der Waals surface area (Å²) in [4.78, 5) is 6.89. The molecule has 2 aromatic heterocycles. The van der Waals surface area contributed by atoms with Crippen molar-refractivity contribution in [3.8, 4) is 0 Å². The molecular weight excluding hydrogens is 262 g/mol. The maximum Gasteiger partial charge on any atom is 0.137 e. The lowest BCUT2D eigenvalue weighted by Crippen LogP contribution is -2.31. The van der Waals surface area contributed by atoms with E-state index in [0.29, 0.717) is 11.1 Å². The highest BCUT2D eigenvalue weighted by Gasteiger charge is 2.12. The second kappa shape index (κ2) is 6.37. The van der Waals surface area contributed by atoms with Crippen LogP contribution in [0, 0.1) is 0 Å². The zero-order chi connectivity index (χ0) is 13.8. The van der Waals surface area contributed by atoms with E-state index >= 15 is 0 Å². The molecule has 0 bridgehead atoms. The minimum absolute atomic E-state index is 0.226. The van der Waals surface area contributed by atoms with E-state index in [1.807, 2.05) is 28.9 Å². The van der Waals surface area contributed by atoms with Crippen molar-refractivity contribution < 1.29 is 5.11 Å². The average molecular weight is 282 g/mol. The first kappa shape index (κ1) is 14.3. The Hall–Kier alpha value is -1.10. The van der Waals surface area contributed by atoms with Gasteiger partial charge in [0, 0.05) is 38.1 Å². The molecule has 1 N–H and O–H groups in total. The van der Waals surface area contributed by atoms with Gasteiger partial charge >= 0.3 is 0 Å². The fraction of sp³-hybridized carbons (Fsp3) is 0.500. The van der Waals surface area contributed by atoms with Crippen LogP contribution in [-0.4, -0.2) is 38.6 Å². The van der Waals surface area contributed by atoms with Gasteiger partial charge in [0.25, 0.3) is 0 Å². The molecule has 0 aliphatic rings. The van der Waals surface area contributed by atoms with Crippen LogP contribution in [0.4, 0.5) is 0 Å². The number of pyridine rings is 1. The van der Waals surface area contributed by atoms with E-state index in [4.69, 9.17) is 16.7 Å². The van der Waals surface area contributed by atoms with Crippen molar-refractivity contribution >= 4 is 17.2 Å². The van der Waals surface area contributed by atoms with Gasteiger partial charge in [-0.05, 0) is 32.4 Å². The standard InChI is InChI=1S/C14H20ClN3O/c1-11(2)17(6-3-7-19)9-13-10-18-8-12(15)4-5-14(18)16-13/h4-5,8,10-11,19H,3,6-7,9H2,1-2H3. The Kier molecular flexibility index (Phi) is 4.80. The molecule has 5 heteroatoms. The molecule has 0 aliphatic heterocycles. The van der Waals surface area contributed by atoms with Gasteiger partial charge in [-0.1, -0.05) is 11.6 Å². The van der Waals surface area contributed by atoms with E-state index in [-0.39, 0.29) is 6.61 Å². The summed E-state index contributed by atoms with van der Waals surface area (Å²) in [6.45, 7) is 6.21. The fourth-order valence-corrected chi connectivity index (χ4v) is 2.26. The molecule has 2 heterocycles. The summed E-state index contributed by atoms with van der Waals surface area (Å²) >= 11 is 5.97. The molecule has 0 spiro atoms. The monoisotopic (exact) mass is 281 g/mol. The predicted molar refractivity (Wildman–Crippen MR) is 77.5 cm³/mol. The average Bonchev–Trinajstić information content (AvgIpc) is 2.75. The van der Waals surface area contributed by atoms with Crippen LogP contribution in [0.3, 0.4) is 0 Å². The second-order valence-electron chi connectivity index (χ2n) is 4.99. The minimum atomic E-state index is 0.226. The second-order valence-corrected chi connectivity index (χ2v) is 5.42. The quantitative estimate of drug-likeness (QED) is 0.885. The van der Waals surface area contributed by atoms with Crippen molar-refractivity contribution in [2.75, 3.05) is 13.2 Å². The van der Waals surface area contributed by atoms with Crippen LogP contribution in [0.5, 0.6) is 0 Å². The first-order valence-electron chi connectivity index (χ1n) is 6.58. The van der Waals surface area contributed by atoms with Gasteiger partial charge in [-0.3, -0.25) is 4.90 Å². The van der Waals surface area contributed by atoms with E-state index in [2.05, 4.69) is 23.7 Å². The van der Waals surface area contributed by atoms with Gasteiger partial charge in [-0.15, -0.1) is 0 Å². The molecule has 0 saturated heterocycles. The van der Waals surface area contributed by atoms with Gasteiger partial charge in [-0.25, -0.2) is 4.98 Å². The van der Waals surface area contributed by atoms with Crippen LogP contribution in [0.2, 0.25) is 5.02 Å². The number of nitrogens with zero attached hydrogens (tertiary/aromatic N) is 3. The molecule has 0 saturated carbocycles. The summed E-state index contributed by atoms with van der Waals surface area (Å²) in [6, 6.07) is 4.19. The van der Waals surface area contributed by atoms with Crippen molar-refractivity contribution in [1.82, 2.24) is 14.3 Å². The van der Waals surface area contributed by atoms with Crippen LogP contribution in [0.1, 0.15) is 26.0 Å². The Morgan fingerprint density at radius 3 is 2.84 bits per heavy atom. The third-order valence-electron chi connectivity index (χ3n) is 3.16. The van der Waals surface area contributed by atoms with Gasteiger partial charge in [0.15, 0.2) is 0 Å². The van der Waals surface area contributed by atoms with Gasteiger partial charge in [-0.2, -0.15) is 0 Å². The van der Waals surface area contributed by atoms with Gasteiger partial charge in [0.05, 0.1) is 10.7 Å². The Morgan fingerprint density at radius 1 is 1.37 bits per heavy atom. The molecule has 104 valence electrons. The molecule has 2 aromatic rings. The number of hydrogen-bond acceptors (Lipinski definition) is 3. The Labute approximate surface area is 118 Å². The number of hydrogen-bond donors (Lipinski definition) is 1. The zero-order valence-corrected chi connectivity index (χ0v) is 12.1. The van der Waals surface area contributed by atoms with Crippen molar-refractivity contribution in [2.24, 2.45) is 0 Å². The third kappa shape index (κ3) is 3.69. The van der Waals surface area contributed by atoms with E-state index in [1.54, 1.807) is 0 Å². The van der Waals surface area contributed by atoms with Gasteiger partial charge < -0.3 is 9.51 Å². The van der Waals surface area contributed by atoms with Crippen LogP contribution in [-0.2, 0) is 6.54 Å².